The number of benzene rings is 1. The molecular formula is C15H19NO2S. The second kappa shape index (κ2) is 6.89. The first-order chi connectivity index (χ1) is 9.19. The van der Waals surface area contributed by atoms with Gasteiger partial charge in [-0.15, -0.1) is 0 Å². The third-order valence-electron chi connectivity index (χ3n) is 2.94. The van der Waals surface area contributed by atoms with Crippen LogP contribution in [0.2, 0.25) is 0 Å². The van der Waals surface area contributed by atoms with Gasteiger partial charge in [0.15, 0.2) is 0 Å². The normalized spacial score (nSPS) is 14.5. The molecule has 0 amide bonds. The molecule has 2 aromatic rings. The predicted molar refractivity (Wildman–Crippen MR) is 80.5 cm³/mol. The fourth-order valence-corrected chi connectivity index (χ4v) is 2.85. The monoisotopic (exact) mass is 277 g/mol. The number of aliphatic hydroxyl groups excluding tert-OH is 2. The molecule has 102 valence electrons. The van der Waals surface area contributed by atoms with E-state index in [9.17, 15) is 5.11 Å². The Labute approximate surface area is 117 Å². The molecule has 0 bridgehead atoms. The van der Waals surface area contributed by atoms with E-state index in [1.807, 2.05) is 18.2 Å². The van der Waals surface area contributed by atoms with Crippen LogP contribution >= 0.6 is 11.8 Å². The van der Waals surface area contributed by atoms with Gasteiger partial charge in [0.25, 0.3) is 0 Å². The lowest BCUT2D eigenvalue weighted by Gasteiger charge is -2.13. The molecule has 0 fully saturated rings. The van der Waals surface area contributed by atoms with Crippen LogP contribution in [-0.4, -0.2) is 38.9 Å². The molecule has 1 heterocycles. The van der Waals surface area contributed by atoms with Crippen LogP contribution in [0.25, 0.3) is 10.9 Å². The molecule has 0 aliphatic carbocycles. The molecule has 0 saturated heterocycles. The van der Waals surface area contributed by atoms with Gasteiger partial charge in [0.2, 0.25) is 0 Å². The van der Waals surface area contributed by atoms with Gasteiger partial charge in [-0.2, -0.15) is 11.8 Å². The van der Waals surface area contributed by atoms with Crippen LogP contribution in [-0.2, 0) is 6.42 Å². The Hall–Kier alpha value is -1.10. The van der Waals surface area contributed by atoms with Gasteiger partial charge in [-0.25, -0.2) is 0 Å². The van der Waals surface area contributed by atoms with E-state index in [4.69, 9.17) is 5.11 Å². The summed E-state index contributed by atoms with van der Waals surface area (Å²) in [6.45, 7) is 1.94. The molecule has 0 saturated carbocycles. The van der Waals surface area contributed by atoms with E-state index in [1.165, 1.54) is 0 Å². The van der Waals surface area contributed by atoms with Gasteiger partial charge in [0, 0.05) is 28.5 Å². The molecule has 0 aliphatic heterocycles. The standard InChI is InChI=1S/C15H19NO2S/c1-11(19-10-14(18)9-17)8-13-7-6-12-4-2-3-5-15(12)16-13/h2-7,11,14,17-18H,8-10H2,1H3/t11-,14+/m1/s1. The lowest BCUT2D eigenvalue weighted by atomic mass is 10.1. The van der Waals surface area contributed by atoms with Crippen LogP contribution in [0.1, 0.15) is 12.6 Å². The number of nitrogens with zero attached hydrogens (tertiary/aromatic N) is 1. The summed E-state index contributed by atoms with van der Waals surface area (Å²) < 4.78 is 0. The number of hydrogen-bond acceptors (Lipinski definition) is 4. The molecule has 2 atom stereocenters. The summed E-state index contributed by atoms with van der Waals surface area (Å²) in [6, 6.07) is 12.2. The molecule has 2 rings (SSSR count). The van der Waals surface area contributed by atoms with Crippen LogP contribution in [0, 0.1) is 0 Å². The van der Waals surface area contributed by atoms with Crippen molar-refractivity contribution in [2.75, 3.05) is 12.4 Å². The summed E-state index contributed by atoms with van der Waals surface area (Å²) in [5.41, 5.74) is 2.09. The van der Waals surface area contributed by atoms with Gasteiger partial charge in [-0.1, -0.05) is 31.2 Å². The van der Waals surface area contributed by atoms with E-state index in [0.717, 1.165) is 23.0 Å². The molecule has 0 spiro atoms. The van der Waals surface area contributed by atoms with E-state index in [1.54, 1.807) is 11.8 Å². The van der Waals surface area contributed by atoms with Crippen LogP contribution in [0.5, 0.6) is 0 Å². The first kappa shape index (κ1) is 14.3. The minimum Gasteiger partial charge on any atom is -0.394 e. The first-order valence-corrected chi connectivity index (χ1v) is 7.49. The van der Waals surface area contributed by atoms with Gasteiger partial charge >= 0.3 is 0 Å². The lowest BCUT2D eigenvalue weighted by Crippen LogP contribution is -2.17. The Morgan fingerprint density at radius 2 is 2.00 bits per heavy atom. The zero-order chi connectivity index (χ0) is 13.7. The number of thioether (sulfide) groups is 1. The number of aromatic nitrogens is 1. The van der Waals surface area contributed by atoms with Crippen molar-refractivity contribution in [1.29, 1.82) is 0 Å². The Morgan fingerprint density at radius 1 is 1.21 bits per heavy atom. The van der Waals surface area contributed by atoms with Crippen LogP contribution < -0.4 is 0 Å². The van der Waals surface area contributed by atoms with Crippen molar-refractivity contribution in [3.63, 3.8) is 0 Å². The van der Waals surface area contributed by atoms with Crippen molar-refractivity contribution < 1.29 is 10.2 Å². The number of rotatable bonds is 6. The molecule has 3 nitrogen and oxygen atoms in total. The lowest BCUT2D eigenvalue weighted by molar-refractivity contribution is 0.113. The van der Waals surface area contributed by atoms with Gasteiger partial charge in [0.05, 0.1) is 18.2 Å². The van der Waals surface area contributed by atoms with E-state index in [-0.39, 0.29) is 6.61 Å². The number of pyridine rings is 1. The van der Waals surface area contributed by atoms with Crippen LogP contribution in [0.15, 0.2) is 36.4 Å². The number of aliphatic hydroxyl groups is 2. The summed E-state index contributed by atoms with van der Waals surface area (Å²) in [6.07, 6.45) is 0.241. The SMILES string of the molecule is C[C@H](Cc1ccc2ccccc2n1)SC[C@@H](O)CO. The molecular weight excluding hydrogens is 258 g/mol. The Morgan fingerprint density at radius 3 is 2.79 bits per heavy atom. The summed E-state index contributed by atoms with van der Waals surface area (Å²) in [5, 5.41) is 19.6. The highest BCUT2D eigenvalue weighted by atomic mass is 32.2. The van der Waals surface area contributed by atoms with Crippen molar-refractivity contribution in [3.05, 3.63) is 42.1 Å². The minimum absolute atomic E-state index is 0.173. The molecule has 0 radical (unpaired) electrons. The average Bonchev–Trinajstić information content (AvgIpc) is 2.44. The molecule has 1 aromatic carbocycles. The van der Waals surface area contributed by atoms with Crippen LogP contribution in [0.3, 0.4) is 0 Å². The molecule has 4 heteroatoms. The number of hydrogen-bond donors (Lipinski definition) is 2. The van der Waals surface area contributed by atoms with Crippen molar-refractivity contribution in [2.45, 2.75) is 24.7 Å². The highest BCUT2D eigenvalue weighted by Gasteiger charge is 2.09. The zero-order valence-corrected chi connectivity index (χ0v) is 11.8. The Balaban J connectivity index is 1.96. The summed E-state index contributed by atoms with van der Waals surface area (Å²) in [5.74, 6) is 0.561. The second-order valence-electron chi connectivity index (χ2n) is 4.68. The van der Waals surface area contributed by atoms with Crippen molar-refractivity contribution in [1.82, 2.24) is 4.98 Å². The average molecular weight is 277 g/mol. The smallest absolute Gasteiger partial charge is 0.0861 e. The largest absolute Gasteiger partial charge is 0.394 e. The van der Waals surface area contributed by atoms with E-state index < -0.39 is 6.10 Å². The summed E-state index contributed by atoms with van der Waals surface area (Å²) >= 11 is 1.66. The molecule has 0 aliphatic rings. The van der Waals surface area contributed by atoms with Crippen LogP contribution in [0.4, 0.5) is 0 Å². The summed E-state index contributed by atoms with van der Waals surface area (Å²) in [4.78, 5) is 4.64. The Bertz CT molecular complexity index is 532. The maximum absolute atomic E-state index is 9.33. The number of fused-ring (bicyclic) bond motifs is 1. The topological polar surface area (TPSA) is 53.4 Å². The Kier molecular flexibility index (Phi) is 5.19. The molecule has 2 N–H and O–H groups in total. The fraction of sp³-hybridized carbons (Fsp3) is 0.400. The molecule has 0 unspecified atom stereocenters. The van der Waals surface area contributed by atoms with Gasteiger partial charge in [0.1, 0.15) is 0 Å². The maximum Gasteiger partial charge on any atom is 0.0861 e. The predicted octanol–water partition coefficient (Wildman–Crippen LogP) is 2.25. The fourth-order valence-electron chi connectivity index (χ4n) is 1.90. The molecule has 1 aromatic heterocycles. The first-order valence-electron chi connectivity index (χ1n) is 6.44. The third kappa shape index (κ3) is 4.20. The van der Waals surface area contributed by atoms with Gasteiger partial charge in [-0.3, -0.25) is 4.98 Å². The highest BCUT2D eigenvalue weighted by Crippen LogP contribution is 2.18. The van der Waals surface area contributed by atoms with E-state index in [0.29, 0.717) is 11.0 Å². The second-order valence-corrected chi connectivity index (χ2v) is 6.15. The van der Waals surface area contributed by atoms with Crippen molar-refractivity contribution in [3.8, 4) is 0 Å². The minimum atomic E-state index is -0.628. The zero-order valence-electron chi connectivity index (χ0n) is 11.0. The van der Waals surface area contributed by atoms with Gasteiger partial charge < -0.3 is 10.2 Å². The maximum atomic E-state index is 9.33. The summed E-state index contributed by atoms with van der Waals surface area (Å²) in [7, 11) is 0. The van der Waals surface area contributed by atoms with Crippen molar-refractivity contribution >= 4 is 22.7 Å². The van der Waals surface area contributed by atoms with Gasteiger partial charge in [-0.05, 0) is 12.1 Å². The van der Waals surface area contributed by atoms with E-state index in [2.05, 4.69) is 30.1 Å². The highest BCUT2D eigenvalue weighted by molar-refractivity contribution is 7.99. The quantitative estimate of drug-likeness (QED) is 0.850. The molecule has 19 heavy (non-hydrogen) atoms. The number of para-hydroxylation sites is 1. The van der Waals surface area contributed by atoms with E-state index >= 15 is 0 Å². The van der Waals surface area contributed by atoms with Crippen molar-refractivity contribution in [2.24, 2.45) is 0 Å². The third-order valence-corrected chi connectivity index (χ3v) is 4.25.